The Hall–Kier alpha value is -3.74. The van der Waals surface area contributed by atoms with Gasteiger partial charge in [-0.05, 0) is 56.4 Å². The first-order valence-corrected chi connectivity index (χ1v) is 12.3. The average molecular weight is 515 g/mol. The Labute approximate surface area is 214 Å². The van der Waals surface area contributed by atoms with Gasteiger partial charge >= 0.3 is 18.7 Å². The lowest BCUT2D eigenvalue weighted by Crippen LogP contribution is -2.53. The first kappa shape index (κ1) is 27.8. The van der Waals surface area contributed by atoms with Gasteiger partial charge in [0.2, 0.25) is 0 Å². The Morgan fingerprint density at radius 2 is 1.73 bits per heavy atom. The molecule has 0 aliphatic heterocycles. The Morgan fingerprint density at radius 3 is 2.30 bits per heavy atom. The molecule has 1 aromatic carbocycles. The maximum absolute atomic E-state index is 13.2. The van der Waals surface area contributed by atoms with E-state index in [2.05, 4.69) is 11.4 Å². The van der Waals surface area contributed by atoms with Crippen LogP contribution in [0.5, 0.6) is 0 Å². The Bertz CT molecular complexity index is 1190. The monoisotopic (exact) mass is 514 g/mol. The van der Waals surface area contributed by atoms with Crippen molar-refractivity contribution in [3.8, 4) is 17.2 Å². The van der Waals surface area contributed by atoms with E-state index in [1.807, 2.05) is 0 Å². The molecule has 198 valence electrons. The highest BCUT2D eigenvalue weighted by Crippen LogP contribution is 2.25. The minimum Gasteiger partial charge on any atom is -0.443 e. The highest BCUT2D eigenvalue weighted by atomic mass is 19.3. The van der Waals surface area contributed by atoms with Gasteiger partial charge in [0, 0.05) is 24.7 Å². The van der Waals surface area contributed by atoms with E-state index in [0.717, 1.165) is 42.0 Å². The predicted molar refractivity (Wildman–Crippen MR) is 134 cm³/mol. The van der Waals surface area contributed by atoms with Gasteiger partial charge in [-0.1, -0.05) is 43.5 Å². The van der Waals surface area contributed by atoms with Crippen molar-refractivity contribution in [2.75, 3.05) is 0 Å². The normalized spacial score (nSPS) is 15.1. The molecule has 8 nitrogen and oxygen atoms in total. The number of aromatic nitrogens is 1. The van der Waals surface area contributed by atoms with E-state index >= 15 is 0 Å². The van der Waals surface area contributed by atoms with Gasteiger partial charge in [-0.15, -0.1) is 0 Å². The average Bonchev–Trinajstić information content (AvgIpc) is 2.84. The number of nitrogens with one attached hydrogen (secondary N) is 1. The molecule has 37 heavy (non-hydrogen) atoms. The molecule has 1 aliphatic carbocycles. The molecule has 0 radical (unpaired) electrons. The van der Waals surface area contributed by atoms with Crippen molar-refractivity contribution in [1.82, 2.24) is 14.8 Å². The van der Waals surface area contributed by atoms with Crippen LogP contribution in [0.25, 0.3) is 11.1 Å². The molecule has 0 saturated heterocycles. The second kappa shape index (κ2) is 12.0. The second-order valence-corrected chi connectivity index (χ2v) is 10.1. The van der Waals surface area contributed by atoms with Gasteiger partial charge in [-0.3, -0.25) is 9.36 Å². The number of benzene rings is 1. The van der Waals surface area contributed by atoms with E-state index in [4.69, 9.17) is 4.74 Å². The van der Waals surface area contributed by atoms with E-state index in [9.17, 15) is 28.4 Å². The SMILES string of the molecule is CC(C)(C)OC(=O)N(C(=O)NC(C#N)Cc1ccc(-c2ccc(=O)n(C(F)F)c2)cc1)C1CCCCC1. The van der Waals surface area contributed by atoms with E-state index in [1.54, 1.807) is 45.0 Å². The molecule has 2 aromatic rings. The summed E-state index contributed by atoms with van der Waals surface area (Å²) in [5.41, 5.74) is 0.209. The van der Waals surface area contributed by atoms with Crippen LogP contribution >= 0.6 is 0 Å². The minimum absolute atomic E-state index is 0.172. The number of rotatable bonds is 6. The number of pyridine rings is 1. The summed E-state index contributed by atoms with van der Waals surface area (Å²) in [6.07, 6.45) is 4.75. The molecular formula is C27H32F2N4O4. The lowest BCUT2D eigenvalue weighted by atomic mass is 9.94. The van der Waals surface area contributed by atoms with Crippen LogP contribution in [0.2, 0.25) is 0 Å². The Morgan fingerprint density at radius 1 is 1.11 bits per heavy atom. The lowest BCUT2D eigenvalue weighted by molar-refractivity contribution is 0.0220. The van der Waals surface area contributed by atoms with Crippen LogP contribution in [0.4, 0.5) is 18.4 Å². The highest BCUT2D eigenvalue weighted by Gasteiger charge is 2.35. The smallest absolute Gasteiger partial charge is 0.418 e. The quantitative estimate of drug-likeness (QED) is 0.538. The molecule has 1 atom stereocenters. The number of halogens is 2. The van der Waals surface area contributed by atoms with Crippen molar-refractivity contribution in [2.24, 2.45) is 0 Å². The highest BCUT2D eigenvalue weighted by molar-refractivity contribution is 5.91. The summed E-state index contributed by atoms with van der Waals surface area (Å²) in [7, 11) is 0. The fraction of sp³-hybridized carbons (Fsp3) is 0.481. The fourth-order valence-electron chi connectivity index (χ4n) is 4.29. The van der Waals surface area contributed by atoms with Crippen LogP contribution in [0.15, 0.2) is 47.4 Å². The van der Waals surface area contributed by atoms with Gasteiger partial charge in [-0.2, -0.15) is 14.0 Å². The zero-order chi connectivity index (χ0) is 27.2. The van der Waals surface area contributed by atoms with Gasteiger partial charge in [0.05, 0.1) is 6.07 Å². The molecule has 3 rings (SSSR count). The number of hydrogen-bond acceptors (Lipinski definition) is 5. The van der Waals surface area contributed by atoms with Gasteiger partial charge < -0.3 is 10.1 Å². The molecule has 1 aromatic heterocycles. The van der Waals surface area contributed by atoms with Gasteiger partial charge in [0.15, 0.2) is 0 Å². The molecule has 1 aliphatic rings. The molecule has 10 heteroatoms. The molecule has 1 heterocycles. The summed E-state index contributed by atoms with van der Waals surface area (Å²) < 4.78 is 31.9. The zero-order valence-corrected chi connectivity index (χ0v) is 21.2. The van der Waals surface area contributed by atoms with Crippen LogP contribution < -0.4 is 10.9 Å². The van der Waals surface area contributed by atoms with E-state index < -0.39 is 35.9 Å². The summed E-state index contributed by atoms with van der Waals surface area (Å²) in [6, 6.07) is 9.56. The number of alkyl halides is 2. The molecule has 0 spiro atoms. The second-order valence-electron chi connectivity index (χ2n) is 10.1. The van der Waals surface area contributed by atoms with E-state index in [0.29, 0.717) is 28.5 Å². The largest absolute Gasteiger partial charge is 0.443 e. The van der Waals surface area contributed by atoms with Crippen molar-refractivity contribution in [3.63, 3.8) is 0 Å². The van der Waals surface area contributed by atoms with Crippen molar-refractivity contribution in [2.45, 2.75) is 83.5 Å². The first-order valence-electron chi connectivity index (χ1n) is 12.3. The van der Waals surface area contributed by atoms with E-state index in [1.165, 1.54) is 6.07 Å². The summed E-state index contributed by atoms with van der Waals surface area (Å²) >= 11 is 0. The van der Waals surface area contributed by atoms with Crippen LogP contribution in [-0.4, -0.2) is 39.3 Å². The third-order valence-corrected chi connectivity index (χ3v) is 6.08. The van der Waals surface area contributed by atoms with Crippen LogP contribution in [0.3, 0.4) is 0 Å². The van der Waals surface area contributed by atoms with Crippen molar-refractivity contribution >= 4 is 12.1 Å². The number of imide groups is 1. The molecule has 3 amide bonds. The molecule has 1 saturated carbocycles. The van der Waals surface area contributed by atoms with Crippen LogP contribution in [-0.2, 0) is 11.2 Å². The molecule has 1 unspecified atom stereocenters. The number of amides is 3. The Balaban J connectivity index is 1.72. The number of carbonyl (C=O) groups excluding carboxylic acids is 2. The number of hydrogen-bond donors (Lipinski definition) is 1. The topological polar surface area (TPSA) is 104 Å². The summed E-state index contributed by atoms with van der Waals surface area (Å²) in [5, 5.41) is 12.3. The summed E-state index contributed by atoms with van der Waals surface area (Å²) in [6.45, 7) is 2.24. The minimum atomic E-state index is -2.94. The van der Waals surface area contributed by atoms with Gasteiger partial charge in [-0.25, -0.2) is 14.5 Å². The molecule has 0 bridgehead atoms. The zero-order valence-electron chi connectivity index (χ0n) is 21.2. The van der Waals surface area contributed by atoms with Crippen LogP contribution in [0, 0.1) is 11.3 Å². The predicted octanol–water partition coefficient (Wildman–Crippen LogP) is 5.62. The van der Waals surface area contributed by atoms with Crippen LogP contribution in [0.1, 0.15) is 65.0 Å². The third kappa shape index (κ3) is 7.62. The summed E-state index contributed by atoms with van der Waals surface area (Å²) in [5.74, 6) is 0. The Kier molecular flexibility index (Phi) is 9.03. The van der Waals surface area contributed by atoms with Crippen molar-refractivity contribution in [3.05, 3.63) is 58.5 Å². The molecule has 1 fully saturated rings. The van der Waals surface area contributed by atoms with Crippen molar-refractivity contribution < 1.29 is 23.1 Å². The lowest BCUT2D eigenvalue weighted by Gasteiger charge is -2.34. The number of urea groups is 1. The number of carbonyl (C=O) groups is 2. The summed E-state index contributed by atoms with van der Waals surface area (Å²) in [4.78, 5) is 38.7. The maximum atomic E-state index is 13.2. The standard InChI is InChI=1S/C27H32F2N4O4/c1-27(2,3)37-26(36)33(22-7-5-4-6-8-22)25(35)31-21(16-30)15-18-9-11-19(12-10-18)20-13-14-23(34)32(17-20)24(28)29/h9-14,17,21-22,24H,4-8,15H2,1-3H3,(H,31,35). The third-order valence-electron chi connectivity index (χ3n) is 6.08. The van der Waals surface area contributed by atoms with E-state index in [-0.39, 0.29) is 12.5 Å². The molecule has 1 N–H and O–H groups in total. The maximum Gasteiger partial charge on any atom is 0.418 e. The number of ether oxygens (including phenoxy) is 1. The van der Waals surface area contributed by atoms with Gasteiger partial charge in [0.1, 0.15) is 11.6 Å². The molecular weight excluding hydrogens is 482 g/mol. The van der Waals surface area contributed by atoms with Crippen molar-refractivity contribution in [1.29, 1.82) is 5.26 Å². The fourth-order valence-corrected chi connectivity index (χ4v) is 4.29. The number of nitrogens with zero attached hydrogens (tertiary/aromatic N) is 3. The van der Waals surface area contributed by atoms with Gasteiger partial charge in [0.25, 0.3) is 5.56 Å². The first-order chi connectivity index (χ1) is 17.5. The number of nitriles is 1.